The largest absolute Gasteiger partial charge is 0.495 e. The van der Waals surface area contributed by atoms with Crippen molar-refractivity contribution in [2.24, 2.45) is 0 Å². The number of anilines is 1. The second kappa shape index (κ2) is 7.69. The average Bonchev–Trinajstić information content (AvgIpc) is 2.53. The fourth-order valence-corrected chi connectivity index (χ4v) is 2.17. The molecule has 116 valence electrons. The van der Waals surface area contributed by atoms with E-state index in [-0.39, 0.29) is 5.57 Å². The minimum Gasteiger partial charge on any atom is -0.495 e. The number of benzene rings is 1. The van der Waals surface area contributed by atoms with E-state index in [1.54, 1.807) is 24.4 Å². The van der Waals surface area contributed by atoms with Crippen LogP contribution in [0.1, 0.15) is 0 Å². The van der Waals surface area contributed by atoms with Gasteiger partial charge in [-0.2, -0.15) is 5.26 Å². The van der Waals surface area contributed by atoms with Crippen LogP contribution in [0.2, 0.25) is 5.02 Å². The molecule has 1 fully saturated rings. The summed E-state index contributed by atoms with van der Waals surface area (Å²) < 4.78 is 10.4. The zero-order valence-corrected chi connectivity index (χ0v) is 12.9. The molecule has 2 rings (SSSR count). The fourth-order valence-electron chi connectivity index (χ4n) is 1.99. The number of carbonyl (C=O) groups is 1. The Bertz CT molecular complexity index is 619. The molecule has 1 aliphatic rings. The van der Waals surface area contributed by atoms with Gasteiger partial charge in [0.1, 0.15) is 17.4 Å². The van der Waals surface area contributed by atoms with Crippen LogP contribution in [0.25, 0.3) is 0 Å². The summed E-state index contributed by atoms with van der Waals surface area (Å²) in [5.41, 5.74) is 0.437. The number of rotatable bonds is 4. The van der Waals surface area contributed by atoms with Gasteiger partial charge in [-0.25, -0.2) is 0 Å². The second-order valence-corrected chi connectivity index (χ2v) is 5.04. The number of carbonyl (C=O) groups excluding carboxylic acids is 1. The third kappa shape index (κ3) is 4.13. The maximum atomic E-state index is 12.2. The average molecular weight is 322 g/mol. The van der Waals surface area contributed by atoms with Gasteiger partial charge >= 0.3 is 0 Å². The lowest BCUT2D eigenvalue weighted by Crippen LogP contribution is -2.33. The fraction of sp³-hybridized carbons (Fsp3) is 0.333. The standard InChI is InChI=1S/C15H16ClN3O3/c1-21-14-3-2-12(16)8-13(14)18-15(20)11(9-17)10-19-4-6-22-7-5-19/h2-3,8,10H,4-7H2,1H3,(H,18,20)/b11-10-. The van der Waals surface area contributed by atoms with Crippen molar-refractivity contribution in [3.63, 3.8) is 0 Å². The van der Waals surface area contributed by atoms with E-state index in [1.807, 2.05) is 11.0 Å². The van der Waals surface area contributed by atoms with Crippen molar-refractivity contribution in [2.75, 3.05) is 38.7 Å². The highest BCUT2D eigenvalue weighted by Gasteiger charge is 2.15. The maximum absolute atomic E-state index is 12.2. The van der Waals surface area contributed by atoms with E-state index in [4.69, 9.17) is 21.1 Å². The number of nitrogens with one attached hydrogen (secondary N) is 1. The summed E-state index contributed by atoms with van der Waals surface area (Å²) in [7, 11) is 1.49. The number of morpholine rings is 1. The first-order chi connectivity index (χ1) is 10.6. The van der Waals surface area contributed by atoms with Crippen molar-refractivity contribution < 1.29 is 14.3 Å². The predicted octanol–water partition coefficient (Wildman–Crippen LogP) is 2.03. The third-order valence-corrected chi connectivity index (χ3v) is 3.37. The Morgan fingerprint density at radius 3 is 2.86 bits per heavy atom. The van der Waals surface area contributed by atoms with E-state index in [0.29, 0.717) is 42.8 Å². The number of nitrogens with zero attached hydrogens (tertiary/aromatic N) is 2. The molecular weight excluding hydrogens is 306 g/mol. The smallest absolute Gasteiger partial charge is 0.267 e. The molecule has 1 N–H and O–H groups in total. The number of amides is 1. The highest BCUT2D eigenvalue weighted by atomic mass is 35.5. The predicted molar refractivity (Wildman–Crippen MR) is 82.7 cm³/mol. The van der Waals surface area contributed by atoms with Crippen molar-refractivity contribution in [3.8, 4) is 11.8 Å². The molecular formula is C15H16ClN3O3. The van der Waals surface area contributed by atoms with Gasteiger partial charge < -0.3 is 19.7 Å². The number of halogens is 1. The summed E-state index contributed by atoms with van der Waals surface area (Å²) in [5.74, 6) is -0.0315. The summed E-state index contributed by atoms with van der Waals surface area (Å²) in [6.07, 6.45) is 1.55. The molecule has 7 heteroatoms. The first kappa shape index (κ1) is 16.1. The van der Waals surface area contributed by atoms with Crippen LogP contribution in [-0.2, 0) is 9.53 Å². The van der Waals surface area contributed by atoms with Crippen LogP contribution >= 0.6 is 11.6 Å². The van der Waals surface area contributed by atoms with Gasteiger partial charge in [0.05, 0.1) is 26.0 Å². The Morgan fingerprint density at radius 1 is 1.50 bits per heavy atom. The molecule has 0 radical (unpaired) electrons. The quantitative estimate of drug-likeness (QED) is 0.678. The lowest BCUT2D eigenvalue weighted by atomic mass is 10.2. The molecule has 0 atom stereocenters. The maximum Gasteiger partial charge on any atom is 0.267 e. The van der Waals surface area contributed by atoms with Crippen molar-refractivity contribution in [1.82, 2.24) is 4.90 Å². The molecule has 0 saturated carbocycles. The summed E-state index contributed by atoms with van der Waals surface area (Å²) in [5, 5.41) is 12.3. The van der Waals surface area contributed by atoms with E-state index in [0.717, 1.165) is 0 Å². The lowest BCUT2D eigenvalue weighted by Gasteiger charge is -2.25. The Labute approximate surface area is 133 Å². The first-order valence-electron chi connectivity index (χ1n) is 6.72. The van der Waals surface area contributed by atoms with Gasteiger partial charge in [-0.1, -0.05) is 11.6 Å². The van der Waals surface area contributed by atoms with E-state index in [9.17, 15) is 10.1 Å². The van der Waals surface area contributed by atoms with Gasteiger partial charge in [0.25, 0.3) is 5.91 Å². The monoisotopic (exact) mass is 321 g/mol. The molecule has 22 heavy (non-hydrogen) atoms. The van der Waals surface area contributed by atoms with Crippen LogP contribution in [-0.4, -0.2) is 44.2 Å². The van der Waals surface area contributed by atoms with Gasteiger partial charge in [0, 0.05) is 24.3 Å². The molecule has 6 nitrogen and oxygen atoms in total. The molecule has 1 aliphatic heterocycles. The molecule has 1 aromatic rings. The van der Waals surface area contributed by atoms with Gasteiger partial charge in [-0.3, -0.25) is 4.79 Å². The SMILES string of the molecule is COc1ccc(Cl)cc1NC(=O)/C(C#N)=C\N1CCOCC1. The van der Waals surface area contributed by atoms with Crippen LogP contribution in [0.5, 0.6) is 5.75 Å². The van der Waals surface area contributed by atoms with E-state index in [1.165, 1.54) is 7.11 Å². The zero-order valence-electron chi connectivity index (χ0n) is 12.1. The van der Waals surface area contributed by atoms with Crippen molar-refractivity contribution >= 4 is 23.2 Å². The summed E-state index contributed by atoms with van der Waals surface area (Å²) >= 11 is 5.92. The second-order valence-electron chi connectivity index (χ2n) is 4.60. The summed E-state index contributed by atoms with van der Waals surface area (Å²) in [4.78, 5) is 14.1. The van der Waals surface area contributed by atoms with Crippen molar-refractivity contribution in [2.45, 2.75) is 0 Å². The molecule has 0 aromatic heterocycles. The Balaban J connectivity index is 2.14. The first-order valence-corrected chi connectivity index (χ1v) is 7.10. The molecule has 1 amide bonds. The number of hydrogen-bond donors (Lipinski definition) is 1. The van der Waals surface area contributed by atoms with Crippen LogP contribution in [0.4, 0.5) is 5.69 Å². The zero-order chi connectivity index (χ0) is 15.9. The number of hydrogen-bond acceptors (Lipinski definition) is 5. The summed E-state index contributed by atoms with van der Waals surface area (Å²) in [6.45, 7) is 2.47. The molecule has 0 unspecified atom stereocenters. The van der Waals surface area contributed by atoms with Gasteiger partial charge in [-0.05, 0) is 18.2 Å². The van der Waals surface area contributed by atoms with Crippen molar-refractivity contribution in [1.29, 1.82) is 5.26 Å². The Morgan fingerprint density at radius 2 is 2.23 bits per heavy atom. The molecule has 0 spiro atoms. The highest BCUT2D eigenvalue weighted by molar-refractivity contribution is 6.31. The van der Waals surface area contributed by atoms with Gasteiger partial charge in [0.2, 0.25) is 0 Å². The topological polar surface area (TPSA) is 74.6 Å². The minimum absolute atomic E-state index is 0.0175. The Hall–Kier alpha value is -2.23. The number of ether oxygens (including phenoxy) is 2. The van der Waals surface area contributed by atoms with Crippen LogP contribution in [0.3, 0.4) is 0 Å². The molecule has 0 aliphatic carbocycles. The Kier molecular flexibility index (Phi) is 5.64. The third-order valence-electron chi connectivity index (χ3n) is 3.13. The van der Waals surface area contributed by atoms with E-state index >= 15 is 0 Å². The van der Waals surface area contributed by atoms with Crippen LogP contribution < -0.4 is 10.1 Å². The molecule has 0 bridgehead atoms. The lowest BCUT2D eigenvalue weighted by molar-refractivity contribution is -0.112. The number of methoxy groups -OCH3 is 1. The minimum atomic E-state index is -0.505. The molecule has 1 saturated heterocycles. The van der Waals surface area contributed by atoms with Gasteiger partial charge in [-0.15, -0.1) is 0 Å². The van der Waals surface area contributed by atoms with Gasteiger partial charge in [0.15, 0.2) is 0 Å². The summed E-state index contributed by atoms with van der Waals surface area (Å²) in [6, 6.07) is 6.79. The van der Waals surface area contributed by atoms with E-state index in [2.05, 4.69) is 5.32 Å². The highest BCUT2D eigenvalue weighted by Crippen LogP contribution is 2.28. The molecule has 1 heterocycles. The number of nitriles is 1. The van der Waals surface area contributed by atoms with Crippen LogP contribution in [0, 0.1) is 11.3 Å². The molecule has 1 aromatic carbocycles. The van der Waals surface area contributed by atoms with E-state index < -0.39 is 5.91 Å². The van der Waals surface area contributed by atoms with Crippen molar-refractivity contribution in [3.05, 3.63) is 35.0 Å². The van der Waals surface area contributed by atoms with Crippen LogP contribution in [0.15, 0.2) is 30.0 Å². The normalized spacial score (nSPS) is 15.1.